The van der Waals surface area contributed by atoms with E-state index in [0.29, 0.717) is 11.8 Å². The van der Waals surface area contributed by atoms with E-state index in [0.717, 1.165) is 22.5 Å². The van der Waals surface area contributed by atoms with Crippen molar-refractivity contribution in [1.82, 2.24) is 9.97 Å². The summed E-state index contributed by atoms with van der Waals surface area (Å²) in [5, 5.41) is 1.47. The molecule has 2 aromatic heterocycles. The molecule has 3 aromatic carbocycles. The van der Waals surface area contributed by atoms with E-state index < -0.39 is 8.07 Å². The zero-order valence-corrected chi connectivity index (χ0v) is 28.6. The predicted octanol–water partition coefficient (Wildman–Crippen LogP) is 9.55. The summed E-state index contributed by atoms with van der Waals surface area (Å²) in [6.45, 7) is 16.1. The molecule has 0 atom stereocenters. The second kappa shape index (κ2) is 14.6. The molecule has 1 radical (unpaired) electrons. The molecule has 0 aliphatic rings. The first-order chi connectivity index (χ1) is 19.1. The molecule has 41 heavy (non-hydrogen) atoms. The normalized spacial score (nSPS) is 11.0. The molecule has 0 saturated carbocycles. The van der Waals surface area contributed by atoms with Crippen LogP contribution in [0.15, 0.2) is 103 Å². The smallest absolute Gasteiger partial charge is 0.0799 e. The molecule has 0 aliphatic carbocycles. The van der Waals surface area contributed by atoms with Crippen molar-refractivity contribution in [3.8, 4) is 33.6 Å². The van der Waals surface area contributed by atoms with Crippen LogP contribution in [0.25, 0.3) is 33.6 Å². The Hall–Kier alpha value is -3.17. The van der Waals surface area contributed by atoms with Gasteiger partial charge < -0.3 is 9.97 Å². The summed E-state index contributed by atoms with van der Waals surface area (Å²) in [5.74, 6) is 1.10. The van der Waals surface area contributed by atoms with Gasteiger partial charge in [-0.25, -0.2) is 0 Å². The first-order valence-corrected chi connectivity index (χ1v) is 17.6. The Morgan fingerprint density at radius 3 is 1.71 bits per heavy atom. The molecule has 0 unspecified atom stereocenters. The fourth-order valence-corrected chi connectivity index (χ4v) is 6.32. The Morgan fingerprint density at radius 1 is 0.634 bits per heavy atom. The van der Waals surface area contributed by atoms with Gasteiger partial charge in [-0.1, -0.05) is 89.3 Å². The van der Waals surface area contributed by atoms with Crippen LogP contribution in [0.1, 0.15) is 50.7 Å². The van der Waals surface area contributed by atoms with Gasteiger partial charge in [0.05, 0.1) is 8.07 Å². The van der Waals surface area contributed by atoms with Gasteiger partial charge in [0.25, 0.3) is 0 Å². The van der Waals surface area contributed by atoms with Crippen LogP contribution in [0.5, 0.6) is 0 Å². The first-order valence-electron chi connectivity index (χ1n) is 14.1. The molecule has 2 heterocycles. The maximum atomic E-state index is 4.66. The van der Waals surface area contributed by atoms with Gasteiger partial charge in [0.15, 0.2) is 0 Å². The maximum absolute atomic E-state index is 4.66. The number of hydrogen-bond acceptors (Lipinski definition) is 2. The zero-order valence-electron chi connectivity index (χ0n) is 25.2. The summed E-state index contributed by atoms with van der Waals surface area (Å²) in [7, 11) is -1.34. The Balaban J connectivity index is 0.000000221. The van der Waals surface area contributed by atoms with Gasteiger partial charge in [-0.05, 0) is 51.2 Å². The number of pyridine rings is 2. The van der Waals surface area contributed by atoms with Crippen molar-refractivity contribution in [2.75, 3.05) is 0 Å². The van der Waals surface area contributed by atoms with Crippen LogP contribution in [0.2, 0.25) is 19.6 Å². The van der Waals surface area contributed by atoms with E-state index in [4.69, 9.17) is 0 Å². The summed E-state index contributed by atoms with van der Waals surface area (Å²) in [6, 6.07) is 37.7. The molecular weight excluding hydrogens is 693 g/mol. The van der Waals surface area contributed by atoms with E-state index in [2.05, 4.69) is 124 Å². The van der Waals surface area contributed by atoms with Gasteiger partial charge in [-0.2, -0.15) is 0 Å². The van der Waals surface area contributed by atoms with Crippen LogP contribution < -0.4 is 5.19 Å². The minimum absolute atomic E-state index is 0. The summed E-state index contributed by atoms with van der Waals surface area (Å²) in [6.07, 6.45) is 3.96. The van der Waals surface area contributed by atoms with Crippen LogP contribution in [0.4, 0.5) is 0 Å². The maximum Gasteiger partial charge on any atom is 0.0799 e. The van der Waals surface area contributed by atoms with Crippen LogP contribution >= 0.6 is 0 Å². The van der Waals surface area contributed by atoms with Gasteiger partial charge in [-0.15, -0.1) is 71.8 Å². The van der Waals surface area contributed by atoms with Crippen LogP contribution in [-0.2, 0) is 20.1 Å². The summed E-state index contributed by atoms with van der Waals surface area (Å²) < 4.78 is 0. The SMILES string of the molecule is CC(C)c1cc(-c2[c-]cccc2)ncc1[Si](C)(C)C.CC(C)c1ccc(-c2ccnc(-c3[c-]cccc3)c2)cc1.[Ir]. The Morgan fingerprint density at radius 2 is 1.22 bits per heavy atom. The van der Waals surface area contributed by atoms with Gasteiger partial charge in [-0.3, -0.25) is 0 Å². The summed E-state index contributed by atoms with van der Waals surface area (Å²) >= 11 is 0. The molecule has 0 spiro atoms. The quantitative estimate of drug-likeness (QED) is 0.128. The predicted molar refractivity (Wildman–Crippen MR) is 174 cm³/mol. The largest absolute Gasteiger partial charge is 0.305 e. The molecule has 0 saturated heterocycles. The van der Waals surface area contributed by atoms with Crippen LogP contribution in [-0.4, -0.2) is 18.0 Å². The van der Waals surface area contributed by atoms with Crippen molar-refractivity contribution in [2.24, 2.45) is 0 Å². The molecule has 0 bridgehead atoms. The zero-order chi connectivity index (χ0) is 28.7. The molecule has 0 aliphatic heterocycles. The molecule has 0 amide bonds. The first kappa shape index (κ1) is 32.3. The monoisotopic (exact) mass is 733 g/mol. The van der Waals surface area contributed by atoms with E-state index >= 15 is 0 Å². The van der Waals surface area contributed by atoms with Gasteiger partial charge in [0, 0.05) is 32.5 Å². The second-order valence-corrected chi connectivity index (χ2v) is 16.9. The molecule has 0 fully saturated rings. The van der Waals surface area contributed by atoms with Crippen molar-refractivity contribution >= 4 is 13.3 Å². The number of hydrogen-bond donors (Lipinski definition) is 0. The van der Waals surface area contributed by atoms with Crippen LogP contribution in [0, 0.1) is 12.1 Å². The molecule has 4 heteroatoms. The number of aromatic nitrogens is 2. The van der Waals surface area contributed by atoms with Crippen LogP contribution in [0.3, 0.4) is 0 Å². The Bertz CT molecular complexity index is 1510. The van der Waals surface area contributed by atoms with Gasteiger partial charge in [0.2, 0.25) is 0 Å². The fraction of sp³-hybridized carbons (Fsp3) is 0.243. The number of nitrogens with zero attached hydrogens (tertiary/aromatic N) is 2. The van der Waals surface area contributed by atoms with E-state index in [1.165, 1.54) is 27.4 Å². The molecule has 2 nitrogen and oxygen atoms in total. The Kier molecular flexibility index (Phi) is 11.5. The third-order valence-corrected chi connectivity index (χ3v) is 9.04. The minimum atomic E-state index is -1.34. The number of rotatable bonds is 6. The third kappa shape index (κ3) is 8.66. The van der Waals surface area contributed by atoms with Crippen molar-refractivity contribution in [1.29, 1.82) is 0 Å². The van der Waals surface area contributed by atoms with Crippen molar-refractivity contribution in [2.45, 2.75) is 59.2 Å². The van der Waals surface area contributed by atoms with Crippen molar-refractivity contribution in [3.05, 3.63) is 127 Å². The Labute approximate surface area is 261 Å². The summed E-state index contributed by atoms with van der Waals surface area (Å²) in [5.41, 5.74) is 9.31. The molecule has 0 N–H and O–H groups in total. The average molecular weight is 733 g/mol. The fourth-order valence-electron chi connectivity index (χ4n) is 4.65. The standard InChI is InChI=1S/C20H18N.C17H22NSi.Ir/c1-15(2)16-8-10-17(11-9-16)19-12-13-21-20(14-19)18-6-4-3-5-7-18;1-13(2)15-11-16(14-9-7-6-8-10-14)18-12-17(15)19(3,4)5;/h3-6,8-15H,1-2H3;6-9,11-13H,1-5H3;/q2*-1;. The number of benzene rings is 3. The average Bonchev–Trinajstić information content (AvgIpc) is 2.98. The van der Waals surface area contributed by atoms with E-state index in [-0.39, 0.29) is 20.1 Å². The van der Waals surface area contributed by atoms with Gasteiger partial charge >= 0.3 is 0 Å². The summed E-state index contributed by atoms with van der Waals surface area (Å²) in [4.78, 5) is 9.11. The molecule has 213 valence electrons. The molecule has 5 aromatic rings. The topological polar surface area (TPSA) is 25.8 Å². The third-order valence-electron chi connectivity index (χ3n) is 7.01. The van der Waals surface area contributed by atoms with E-state index in [9.17, 15) is 0 Å². The van der Waals surface area contributed by atoms with Crippen molar-refractivity contribution < 1.29 is 20.1 Å². The van der Waals surface area contributed by atoms with Crippen molar-refractivity contribution in [3.63, 3.8) is 0 Å². The second-order valence-electron chi connectivity index (χ2n) is 11.8. The van der Waals surface area contributed by atoms with E-state index in [1.54, 1.807) is 0 Å². The molecular formula is C37H40IrN2Si-2. The van der Waals surface area contributed by atoms with E-state index in [1.807, 2.05) is 48.7 Å². The van der Waals surface area contributed by atoms with Gasteiger partial charge in [0.1, 0.15) is 0 Å². The molecule has 5 rings (SSSR count). The minimum Gasteiger partial charge on any atom is -0.305 e.